The lowest BCUT2D eigenvalue weighted by Gasteiger charge is -2.29. The Balaban J connectivity index is 2.46. The smallest absolute Gasteiger partial charge is 0.336 e. The van der Waals surface area contributed by atoms with Crippen LogP contribution in [-0.4, -0.2) is 36.4 Å². The molecule has 0 spiro atoms. The molecule has 1 N–H and O–H groups in total. The number of esters is 2. The Morgan fingerprint density at radius 3 is 2.00 bits per heavy atom. The second-order valence-electron chi connectivity index (χ2n) is 9.00. The van der Waals surface area contributed by atoms with Gasteiger partial charge in [-0.25, -0.2) is 9.59 Å². The first-order valence-corrected chi connectivity index (χ1v) is 11.6. The fourth-order valence-electron chi connectivity index (χ4n) is 3.95. The minimum absolute atomic E-state index is 0.0362. The third-order valence-corrected chi connectivity index (χ3v) is 6.18. The first kappa shape index (κ1) is 26.4. The lowest BCUT2D eigenvalue weighted by molar-refractivity contribution is -0.145. The van der Waals surface area contributed by atoms with Crippen molar-refractivity contribution in [1.29, 1.82) is 0 Å². The van der Waals surface area contributed by atoms with E-state index >= 15 is 0 Å². The van der Waals surface area contributed by atoms with Gasteiger partial charge in [0.25, 0.3) is 0 Å². The molecule has 1 rings (SSSR count). The van der Waals surface area contributed by atoms with Gasteiger partial charge in [0.05, 0.1) is 24.9 Å². The summed E-state index contributed by atoms with van der Waals surface area (Å²) in [6.45, 7) is 12.9. The molecule has 5 heteroatoms. The van der Waals surface area contributed by atoms with Gasteiger partial charge in [-0.15, -0.1) is 0 Å². The van der Waals surface area contributed by atoms with Crippen molar-refractivity contribution >= 4 is 11.9 Å². The highest BCUT2D eigenvalue weighted by Crippen LogP contribution is 2.35. The summed E-state index contributed by atoms with van der Waals surface area (Å²) < 4.78 is 10.6. The Hall–Kier alpha value is -1.62. The standard InChI is InChI=1S/C25H42O5/c1-6-7-8-9-21-10-12-22(13-11-21)14-15-23(16-29-24(27)18(2)3)17-30-25(28)19(4)20(5)26/h20-23,26H,2,4,6-17H2,1,3,5H3. The van der Waals surface area contributed by atoms with Crippen molar-refractivity contribution in [2.75, 3.05) is 13.2 Å². The third-order valence-electron chi connectivity index (χ3n) is 6.18. The number of rotatable bonds is 14. The number of hydrogen-bond acceptors (Lipinski definition) is 5. The molecule has 0 bridgehead atoms. The van der Waals surface area contributed by atoms with Crippen LogP contribution in [0.1, 0.15) is 85.0 Å². The Morgan fingerprint density at radius 2 is 1.50 bits per heavy atom. The predicted octanol–water partition coefficient (Wildman–Crippen LogP) is 5.37. The van der Waals surface area contributed by atoms with E-state index in [-0.39, 0.29) is 24.7 Å². The minimum atomic E-state index is -0.940. The summed E-state index contributed by atoms with van der Waals surface area (Å²) in [6, 6.07) is 0. The van der Waals surface area contributed by atoms with Gasteiger partial charge >= 0.3 is 11.9 Å². The van der Waals surface area contributed by atoms with Gasteiger partial charge < -0.3 is 14.6 Å². The quantitative estimate of drug-likeness (QED) is 0.231. The van der Waals surface area contributed by atoms with E-state index in [1.165, 1.54) is 58.3 Å². The Morgan fingerprint density at radius 1 is 0.967 bits per heavy atom. The summed E-state index contributed by atoms with van der Waals surface area (Å²) in [5.41, 5.74) is 0.392. The monoisotopic (exact) mass is 422 g/mol. The molecule has 1 fully saturated rings. The van der Waals surface area contributed by atoms with Crippen molar-refractivity contribution in [2.24, 2.45) is 17.8 Å². The molecule has 0 amide bonds. The SMILES string of the molecule is C=C(C)C(=O)OCC(CCC1CCC(CCCCC)CC1)COC(=O)C(=C)C(C)O. The van der Waals surface area contributed by atoms with Crippen molar-refractivity contribution in [3.05, 3.63) is 24.3 Å². The fraction of sp³-hybridized carbons (Fsp3) is 0.760. The van der Waals surface area contributed by atoms with E-state index in [2.05, 4.69) is 20.1 Å². The summed E-state index contributed by atoms with van der Waals surface area (Å²) >= 11 is 0. The Labute approximate surface area is 182 Å². The third kappa shape index (κ3) is 10.4. The van der Waals surface area contributed by atoms with Gasteiger partial charge in [-0.05, 0) is 38.5 Å². The van der Waals surface area contributed by atoms with Crippen molar-refractivity contribution in [3.8, 4) is 0 Å². The maximum absolute atomic E-state index is 12.0. The molecular weight excluding hydrogens is 380 g/mol. The highest BCUT2D eigenvalue weighted by Gasteiger charge is 2.23. The lowest BCUT2D eigenvalue weighted by Crippen LogP contribution is -2.24. The largest absolute Gasteiger partial charge is 0.462 e. The summed E-state index contributed by atoms with van der Waals surface area (Å²) in [6.07, 6.45) is 11.4. The van der Waals surface area contributed by atoms with E-state index in [1.54, 1.807) is 6.92 Å². The number of aliphatic hydroxyl groups is 1. The van der Waals surface area contributed by atoms with Crippen molar-refractivity contribution in [2.45, 2.75) is 91.1 Å². The zero-order chi connectivity index (χ0) is 22.5. The highest BCUT2D eigenvalue weighted by molar-refractivity contribution is 5.88. The summed E-state index contributed by atoms with van der Waals surface area (Å²) in [5, 5.41) is 9.48. The molecule has 1 saturated carbocycles. The van der Waals surface area contributed by atoms with Gasteiger partial charge in [0, 0.05) is 11.5 Å². The van der Waals surface area contributed by atoms with Crippen LogP contribution in [0.25, 0.3) is 0 Å². The number of ether oxygens (including phenoxy) is 2. The zero-order valence-electron chi connectivity index (χ0n) is 19.3. The van der Waals surface area contributed by atoms with Crippen molar-refractivity contribution in [3.63, 3.8) is 0 Å². The van der Waals surface area contributed by atoms with Crippen LogP contribution in [-0.2, 0) is 19.1 Å². The van der Waals surface area contributed by atoms with E-state index in [0.717, 1.165) is 18.8 Å². The predicted molar refractivity (Wildman–Crippen MR) is 120 cm³/mol. The molecular formula is C25H42O5. The molecule has 0 radical (unpaired) electrons. The number of unbranched alkanes of at least 4 members (excludes halogenated alkanes) is 2. The number of carbonyl (C=O) groups is 2. The average Bonchev–Trinajstić information content (AvgIpc) is 2.73. The molecule has 1 aliphatic rings. The highest BCUT2D eigenvalue weighted by atomic mass is 16.5. The number of carbonyl (C=O) groups excluding carboxylic acids is 2. The Kier molecular flexibility index (Phi) is 12.7. The zero-order valence-corrected chi connectivity index (χ0v) is 19.3. The molecule has 5 nitrogen and oxygen atoms in total. The fourth-order valence-corrected chi connectivity index (χ4v) is 3.95. The van der Waals surface area contributed by atoms with Gasteiger partial charge in [-0.3, -0.25) is 0 Å². The van der Waals surface area contributed by atoms with Gasteiger partial charge in [0.2, 0.25) is 0 Å². The molecule has 0 aromatic rings. The van der Waals surface area contributed by atoms with Crippen LogP contribution in [0.2, 0.25) is 0 Å². The molecule has 0 aromatic carbocycles. The number of hydrogen-bond donors (Lipinski definition) is 1. The molecule has 0 aliphatic heterocycles. The first-order valence-electron chi connectivity index (χ1n) is 11.6. The summed E-state index contributed by atoms with van der Waals surface area (Å²) in [4.78, 5) is 23.7. The van der Waals surface area contributed by atoms with Crippen LogP contribution in [0, 0.1) is 17.8 Å². The van der Waals surface area contributed by atoms with Gasteiger partial charge in [0.1, 0.15) is 0 Å². The van der Waals surface area contributed by atoms with Crippen LogP contribution < -0.4 is 0 Å². The van der Waals surface area contributed by atoms with Gasteiger partial charge in [0.15, 0.2) is 0 Å². The van der Waals surface area contributed by atoms with Crippen molar-refractivity contribution in [1.82, 2.24) is 0 Å². The van der Waals surface area contributed by atoms with E-state index in [0.29, 0.717) is 11.5 Å². The molecule has 0 aromatic heterocycles. The van der Waals surface area contributed by atoms with E-state index in [4.69, 9.17) is 9.47 Å². The summed E-state index contributed by atoms with van der Waals surface area (Å²) in [5.74, 6) is 0.477. The normalized spacial score (nSPS) is 20.8. The topological polar surface area (TPSA) is 72.8 Å². The minimum Gasteiger partial charge on any atom is -0.462 e. The molecule has 0 saturated heterocycles. The van der Waals surface area contributed by atoms with Crippen molar-refractivity contribution < 1.29 is 24.2 Å². The second-order valence-corrected chi connectivity index (χ2v) is 9.00. The van der Waals surface area contributed by atoms with E-state index in [9.17, 15) is 14.7 Å². The van der Waals surface area contributed by atoms with E-state index < -0.39 is 18.0 Å². The van der Waals surface area contributed by atoms with Crippen LogP contribution in [0.5, 0.6) is 0 Å². The van der Waals surface area contributed by atoms with Gasteiger partial charge in [-0.2, -0.15) is 0 Å². The number of aliphatic hydroxyl groups excluding tert-OH is 1. The lowest BCUT2D eigenvalue weighted by atomic mass is 9.77. The molecule has 172 valence electrons. The first-order chi connectivity index (χ1) is 14.2. The Bertz CT molecular complexity index is 558. The molecule has 0 heterocycles. The van der Waals surface area contributed by atoms with Crippen LogP contribution in [0.4, 0.5) is 0 Å². The maximum atomic E-state index is 12.0. The molecule has 2 atom stereocenters. The molecule has 1 aliphatic carbocycles. The molecule has 30 heavy (non-hydrogen) atoms. The van der Waals surface area contributed by atoms with Crippen LogP contribution in [0.3, 0.4) is 0 Å². The van der Waals surface area contributed by atoms with E-state index in [1.807, 2.05) is 0 Å². The van der Waals surface area contributed by atoms with Crippen LogP contribution in [0.15, 0.2) is 24.3 Å². The molecule has 2 unspecified atom stereocenters. The van der Waals surface area contributed by atoms with Crippen LogP contribution >= 0.6 is 0 Å². The maximum Gasteiger partial charge on any atom is 0.336 e. The second kappa shape index (κ2) is 14.4. The summed E-state index contributed by atoms with van der Waals surface area (Å²) in [7, 11) is 0. The van der Waals surface area contributed by atoms with Gasteiger partial charge in [-0.1, -0.05) is 71.4 Å². The average molecular weight is 423 g/mol.